The first-order chi connectivity index (χ1) is 19.2. The molecule has 2 aromatic carbocycles. The molecule has 0 atom stereocenters. The van der Waals surface area contributed by atoms with Crippen LogP contribution < -0.4 is 9.47 Å². The van der Waals surface area contributed by atoms with E-state index in [0.29, 0.717) is 25.7 Å². The summed E-state index contributed by atoms with van der Waals surface area (Å²) < 4.78 is 30.5. The first kappa shape index (κ1) is 30.4. The van der Waals surface area contributed by atoms with Gasteiger partial charge in [-0.05, 0) is 62.1 Å². The summed E-state index contributed by atoms with van der Waals surface area (Å²) in [6.45, 7) is 0.383. The van der Waals surface area contributed by atoms with Gasteiger partial charge in [0.05, 0.1) is 25.0 Å². The van der Waals surface area contributed by atoms with Crippen molar-refractivity contribution in [2.75, 3.05) is 40.6 Å². The molecular formula is C28H32O12. The number of phenolic OH excluding ortho intramolecular Hbond substituents is 2. The molecule has 2 N–H and O–H groups in total. The van der Waals surface area contributed by atoms with Crippen molar-refractivity contribution in [2.24, 2.45) is 11.8 Å². The van der Waals surface area contributed by atoms with Gasteiger partial charge in [0.25, 0.3) is 0 Å². The first-order valence-electron chi connectivity index (χ1n) is 12.6. The van der Waals surface area contributed by atoms with Crippen LogP contribution in [-0.4, -0.2) is 74.7 Å². The zero-order valence-corrected chi connectivity index (χ0v) is 22.3. The lowest BCUT2D eigenvalue weighted by Gasteiger charge is -2.26. The second-order valence-electron chi connectivity index (χ2n) is 9.01. The van der Waals surface area contributed by atoms with Crippen molar-refractivity contribution in [1.82, 2.24) is 0 Å². The lowest BCUT2D eigenvalue weighted by molar-refractivity contribution is -0.145. The van der Waals surface area contributed by atoms with Crippen molar-refractivity contribution in [1.29, 1.82) is 0 Å². The van der Waals surface area contributed by atoms with Crippen molar-refractivity contribution in [3.8, 4) is 23.0 Å². The molecular weight excluding hydrogens is 528 g/mol. The van der Waals surface area contributed by atoms with Gasteiger partial charge in [-0.15, -0.1) is 0 Å². The van der Waals surface area contributed by atoms with Gasteiger partial charge < -0.3 is 38.6 Å². The number of ether oxygens (including phenoxy) is 6. The second kappa shape index (κ2) is 14.8. The second-order valence-corrected chi connectivity index (χ2v) is 9.01. The van der Waals surface area contributed by atoms with Gasteiger partial charge in [-0.25, -0.2) is 9.59 Å². The predicted molar refractivity (Wildman–Crippen MR) is 137 cm³/mol. The summed E-state index contributed by atoms with van der Waals surface area (Å²) in [7, 11) is 2.91. The topological polar surface area (TPSA) is 164 Å². The molecule has 1 aliphatic carbocycles. The summed E-state index contributed by atoms with van der Waals surface area (Å²) in [6, 6.07) is 7.64. The molecule has 3 rings (SSSR count). The van der Waals surface area contributed by atoms with Gasteiger partial charge in [0.1, 0.15) is 47.3 Å². The predicted octanol–water partition coefficient (Wildman–Crippen LogP) is 3.02. The van der Waals surface area contributed by atoms with E-state index in [9.17, 15) is 29.4 Å². The number of carbonyl (C=O) groups is 4. The van der Waals surface area contributed by atoms with Gasteiger partial charge in [-0.2, -0.15) is 0 Å². The minimum atomic E-state index is -0.782. The number of phenols is 2. The smallest absolute Gasteiger partial charge is 0.342 e. The Hall–Kier alpha value is -4.16. The van der Waals surface area contributed by atoms with Gasteiger partial charge in [0.2, 0.25) is 0 Å². The number of methoxy groups -OCH3 is 2. The Morgan fingerprint density at radius 2 is 1.02 bits per heavy atom. The molecule has 1 aliphatic rings. The third-order valence-corrected chi connectivity index (χ3v) is 6.25. The van der Waals surface area contributed by atoms with Crippen LogP contribution in [0.15, 0.2) is 36.4 Å². The van der Waals surface area contributed by atoms with Crippen LogP contribution in [0.4, 0.5) is 0 Å². The standard InChI is InChI=1S/C28H32O12/c1-35-11-13-37-27(33)21-15-19(7-9-23(21)29)39-25(31)17-3-5-18(6-4-17)26(32)40-20-8-10-24(30)22(16-20)28(34)38-14-12-36-2/h7-10,15-18,29-30H,3-6,11-14H2,1-2H3. The maximum Gasteiger partial charge on any atom is 0.342 e. The molecule has 0 aromatic heterocycles. The molecule has 2 aromatic rings. The van der Waals surface area contributed by atoms with Gasteiger partial charge in [-0.3, -0.25) is 9.59 Å². The van der Waals surface area contributed by atoms with Gasteiger partial charge in [0, 0.05) is 14.2 Å². The number of benzene rings is 2. The van der Waals surface area contributed by atoms with E-state index in [1.165, 1.54) is 50.6 Å². The van der Waals surface area contributed by atoms with Crippen molar-refractivity contribution < 1.29 is 57.8 Å². The quantitative estimate of drug-likeness (QED) is 0.222. The molecule has 0 amide bonds. The van der Waals surface area contributed by atoms with Crippen molar-refractivity contribution in [3.05, 3.63) is 47.5 Å². The summed E-state index contributed by atoms with van der Waals surface area (Å²) in [5.74, 6) is -4.04. The molecule has 0 saturated heterocycles. The molecule has 0 spiro atoms. The molecule has 0 aliphatic heterocycles. The first-order valence-corrected chi connectivity index (χ1v) is 12.6. The number of hydrogen-bond acceptors (Lipinski definition) is 12. The average molecular weight is 561 g/mol. The fourth-order valence-electron chi connectivity index (χ4n) is 4.04. The largest absolute Gasteiger partial charge is 0.507 e. The number of aromatic hydroxyl groups is 2. The van der Waals surface area contributed by atoms with Gasteiger partial charge in [-0.1, -0.05) is 0 Å². The summed E-state index contributed by atoms with van der Waals surface area (Å²) in [5, 5.41) is 20.0. The molecule has 216 valence electrons. The molecule has 0 heterocycles. The minimum absolute atomic E-state index is 0.000206. The molecule has 0 unspecified atom stereocenters. The van der Waals surface area contributed by atoms with Crippen LogP contribution in [0.3, 0.4) is 0 Å². The highest BCUT2D eigenvalue weighted by Gasteiger charge is 2.32. The lowest BCUT2D eigenvalue weighted by Crippen LogP contribution is -2.30. The van der Waals surface area contributed by atoms with E-state index < -0.39 is 35.7 Å². The molecule has 0 radical (unpaired) electrons. The number of hydrogen-bond donors (Lipinski definition) is 2. The fraction of sp³-hybridized carbons (Fsp3) is 0.429. The van der Waals surface area contributed by atoms with E-state index >= 15 is 0 Å². The third-order valence-electron chi connectivity index (χ3n) is 6.25. The van der Waals surface area contributed by atoms with E-state index in [0.717, 1.165) is 0 Å². The van der Waals surface area contributed by atoms with Crippen LogP contribution in [0.1, 0.15) is 46.4 Å². The highest BCUT2D eigenvalue weighted by atomic mass is 16.6. The summed E-state index contributed by atoms with van der Waals surface area (Å²) in [4.78, 5) is 49.8. The summed E-state index contributed by atoms with van der Waals surface area (Å²) in [5.41, 5.74) is -0.290. The molecule has 0 bridgehead atoms. The molecule has 1 saturated carbocycles. The number of esters is 4. The van der Waals surface area contributed by atoms with Gasteiger partial charge in [0.15, 0.2) is 0 Å². The maximum absolute atomic E-state index is 12.7. The van der Waals surface area contributed by atoms with E-state index in [4.69, 9.17) is 28.4 Å². The Morgan fingerprint density at radius 1 is 0.650 bits per heavy atom. The monoisotopic (exact) mass is 560 g/mol. The third kappa shape index (κ3) is 8.42. The Bertz CT molecular complexity index is 1110. The Kier molecular flexibility index (Phi) is 11.3. The Labute approximate surface area is 230 Å². The van der Waals surface area contributed by atoms with E-state index in [2.05, 4.69) is 0 Å². The summed E-state index contributed by atoms with van der Waals surface area (Å²) >= 11 is 0. The highest BCUT2D eigenvalue weighted by Crippen LogP contribution is 2.33. The number of carbonyl (C=O) groups excluding carboxylic acids is 4. The van der Waals surface area contributed by atoms with Gasteiger partial charge >= 0.3 is 23.9 Å². The molecule has 12 nitrogen and oxygen atoms in total. The summed E-state index contributed by atoms with van der Waals surface area (Å²) in [6.07, 6.45) is 1.48. The zero-order valence-electron chi connectivity index (χ0n) is 22.3. The molecule has 12 heteroatoms. The normalized spacial score (nSPS) is 16.6. The zero-order chi connectivity index (χ0) is 29.1. The van der Waals surface area contributed by atoms with Crippen LogP contribution in [-0.2, 0) is 28.5 Å². The van der Waals surface area contributed by atoms with Crippen LogP contribution in [0.25, 0.3) is 0 Å². The van der Waals surface area contributed by atoms with Crippen LogP contribution in [0.5, 0.6) is 23.0 Å². The Balaban J connectivity index is 1.52. The van der Waals surface area contributed by atoms with Crippen molar-refractivity contribution >= 4 is 23.9 Å². The molecule has 40 heavy (non-hydrogen) atoms. The minimum Gasteiger partial charge on any atom is -0.507 e. The number of rotatable bonds is 12. The highest BCUT2D eigenvalue weighted by molar-refractivity contribution is 5.93. The molecule has 1 fully saturated rings. The van der Waals surface area contributed by atoms with Crippen molar-refractivity contribution in [2.45, 2.75) is 25.7 Å². The van der Waals surface area contributed by atoms with E-state index in [1.54, 1.807) is 0 Å². The fourth-order valence-corrected chi connectivity index (χ4v) is 4.04. The van der Waals surface area contributed by atoms with Crippen LogP contribution >= 0.6 is 0 Å². The van der Waals surface area contributed by atoms with E-state index in [1.807, 2.05) is 0 Å². The SMILES string of the molecule is COCCOC(=O)c1cc(OC(=O)C2CCC(C(=O)Oc3ccc(O)c(C(=O)OCCOC)c3)CC2)ccc1O. The lowest BCUT2D eigenvalue weighted by atomic mass is 9.82. The van der Waals surface area contributed by atoms with Crippen LogP contribution in [0, 0.1) is 11.8 Å². The van der Waals surface area contributed by atoms with Crippen LogP contribution in [0.2, 0.25) is 0 Å². The average Bonchev–Trinajstić information content (AvgIpc) is 2.95. The Morgan fingerprint density at radius 3 is 1.38 bits per heavy atom. The van der Waals surface area contributed by atoms with Crippen molar-refractivity contribution in [3.63, 3.8) is 0 Å². The van der Waals surface area contributed by atoms with E-state index in [-0.39, 0.29) is 60.6 Å². The maximum atomic E-state index is 12.7.